The number of ether oxygens (including phenoxy) is 1. The summed E-state index contributed by atoms with van der Waals surface area (Å²) in [6.07, 6.45) is 2.76. The summed E-state index contributed by atoms with van der Waals surface area (Å²) in [7, 11) is 0. The standard InChI is InChI=1S/C13H20N2O/c1-2-16-13-7-12(8-13)15-9-10-3-5-11(14)6-4-10/h3-6,12-13,15H,2,7-9,14H2,1H3. The number of anilines is 1. The maximum Gasteiger partial charge on any atom is 0.0604 e. The second-order valence-corrected chi connectivity index (χ2v) is 4.37. The maximum atomic E-state index is 5.63. The Kier molecular flexibility index (Phi) is 3.80. The molecule has 0 bridgehead atoms. The fraction of sp³-hybridized carbons (Fsp3) is 0.538. The van der Waals surface area contributed by atoms with Gasteiger partial charge in [0, 0.05) is 24.9 Å². The molecule has 3 N–H and O–H groups in total. The van der Waals surface area contributed by atoms with Gasteiger partial charge in [0.05, 0.1) is 6.10 Å². The molecule has 1 aromatic carbocycles. The fourth-order valence-electron chi connectivity index (χ4n) is 2.00. The van der Waals surface area contributed by atoms with Gasteiger partial charge in [0.1, 0.15) is 0 Å². The van der Waals surface area contributed by atoms with E-state index in [4.69, 9.17) is 10.5 Å². The molecule has 3 heteroatoms. The molecule has 0 aromatic heterocycles. The Hall–Kier alpha value is -1.06. The summed E-state index contributed by atoms with van der Waals surface area (Å²) in [5.41, 5.74) is 7.74. The average Bonchev–Trinajstić information content (AvgIpc) is 2.24. The lowest BCUT2D eigenvalue weighted by atomic mass is 9.89. The van der Waals surface area contributed by atoms with Crippen molar-refractivity contribution in [1.82, 2.24) is 5.32 Å². The molecule has 0 unspecified atom stereocenters. The lowest BCUT2D eigenvalue weighted by molar-refractivity contribution is -0.0102. The van der Waals surface area contributed by atoms with Crippen molar-refractivity contribution in [2.75, 3.05) is 12.3 Å². The van der Waals surface area contributed by atoms with Gasteiger partial charge in [-0.1, -0.05) is 12.1 Å². The third-order valence-electron chi connectivity index (χ3n) is 3.07. The van der Waals surface area contributed by atoms with Crippen molar-refractivity contribution in [2.24, 2.45) is 0 Å². The molecule has 0 amide bonds. The summed E-state index contributed by atoms with van der Waals surface area (Å²) in [4.78, 5) is 0. The van der Waals surface area contributed by atoms with E-state index in [-0.39, 0.29) is 0 Å². The molecular weight excluding hydrogens is 200 g/mol. The molecule has 1 fully saturated rings. The van der Waals surface area contributed by atoms with Crippen LogP contribution in [0.25, 0.3) is 0 Å². The van der Waals surface area contributed by atoms with Gasteiger partial charge in [0.25, 0.3) is 0 Å². The Balaban J connectivity index is 1.67. The summed E-state index contributed by atoms with van der Waals surface area (Å²) in [5.74, 6) is 0. The first-order valence-electron chi connectivity index (χ1n) is 5.97. The average molecular weight is 220 g/mol. The van der Waals surface area contributed by atoms with Crippen LogP contribution >= 0.6 is 0 Å². The molecule has 2 rings (SSSR count). The third-order valence-corrected chi connectivity index (χ3v) is 3.07. The van der Waals surface area contributed by atoms with E-state index in [2.05, 4.69) is 24.4 Å². The minimum Gasteiger partial charge on any atom is -0.399 e. The predicted octanol–water partition coefficient (Wildman–Crippen LogP) is 1.93. The lowest BCUT2D eigenvalue weighted by Gasteiger charge is -2.35. The SMILES string of the molecule is CCOC1CC(NCc2ccc(N)cc2)C1. The van der Waals surface area contributed by atoms with Gasteiger partial charge in [-0.25, -0.2) is 0 Å². The van der Waals surface area contributed by atoms with E-state index >= 15 is 0 Å². The van der Waals surface area contributed by atoms with Crippen molar-refractivity contribution < 1.29 is 4.74 Å². The van der Waals surface area contributed by atoms with E-state index in [1.165, 1.54) is 5.56 Å². The molecule has 0 saturated heterocycles. The second-order valence-electron chi connectivity index (χ2n) is 4.37. The van der Waals surface area contributed by atoms with Gasteiger partial charge in [-0.15, -0.1) is 0 Å². The number of benzene rings is 1. The smallest absolute Gasteiger partial charge is 0.0604 e. The predicted molar refractivity (Wildman–Crippen MR) is 66.1 cm³/mol. The van der Waals surface area contributed by atoms with Gasteiger partial charge in [-0.05, 0) is 37.5 Å². The molecule has 1 aliphatic carbocycles. The molecule has 0 atom stereocenters. The number of hydrogen-bond acceptors (Lipinski definition) is 3. The third kappa shape index (κ3) is 2.97. The highest BCUT2D eigenvalue weighted by Crippen LogP contribution is 2.23. The number of hydrogen-bond donors (Lipinski definition) is 2. The van der Waals surface area contributed by atoms with Crippen LogP contribution in [0.5, 0.6) is 0 Å². The van der Waals surface area contributed by atoms with E-state index < -0.39 is 0 Å². The zero-order valence-electron chi connectivity index (χ0n) is 9.78. The monoisotopic (exact) mass is 220 g/mol. The van der Waals surface area contributed by atoms with Crippen LogP contribution in [-0.4, -0.2) is 18.8 Å². The van der Waals surface area contributed by atoms with Gasteiger partial charge in [0.2, 0.25) is 0 Å². The van der Waals surface area contributed by atoms with Gasteiger partial charge in [-0.2, -0.15) is 0 Å². The van der Waals surface area contributed by atoms with Crippen LogP contribution in [-0.2, 0) is 11.3 Å². The van der Waals surface area contributed by atoms with Crippen LogP contribution in [0.4, 0.5) is 5.69 Å². The number of rotatable bonds is 5. The molecule has 1 aliphatic rings. The Bertz CT molecular complexity index is 317. The fourth-order valence-corrected chi connectivity index (χ4v) is 2.00. The second kappa shape index (κ2) is 5.32. The molecule has 1 saturated carbocycles. The van der Waals surface area contributed by atoms with E-state index in [9.17, 15) is 0 Å². The van der Waals surface area contributed by atoms with Crippen molar-refractivity contribution in [3.8, 4) is 0 Å². The molecule has 3 nitrogen and oxygen atoms in total. The number of nitrogen functional groups attached to an aromatic ring is 1. The maximum absolute atomic E-state index is 5.63. The molecule has 16 heavy (non-hydrogen) atoms. The largest absolute Gasteiger partial charge is 0.399 e. The Labute approximate surface area is 97.0 Å². The van der Waals surface area contributed by atoms with Crippen LogP contribution in [0.2, 0.25) is 0 Å². The minimum atomic E-state index is 0.480. The zero-order valence-corrected chi connectivity index (χ0v) is 9.78. The molecule has 0 heterocycles. The molecule has 0 aliphatic heterocycles. The highest BCUT2D eigenvalue weighted by atomic mass is 16.5. The van der Waals surface area contributed by atoms with Crippen molar-refractivity contribution in [1.29, 1.82) is 0 Å². The Morgan fingerprint density at radius 2 is 2.00 bits per heavy atom. The van der Waals surface area contributed by atoms with Crippen molar-refractivity contribution in [3.63, 3.8) is 0 Å². The molecule has 0 spiro atoms. The van der Waals surface area contributed by atoms with Gasteiger partial charge < -0.3 is 15.8 Å². The van der Waals surface area contributed by atoms with Gasteiger partial charge in [0.15, 0.2) is 0 Å². The van der Waals surface area contributed by atoms with Gasteiger partial charge in [-0.3, -0.25) is 0 Å². The van der Waals surface area contributed by atoms with E-state index in [0.29, 0.717) is 12.1 Å². The van der Waals surface area contributed by atoms with Crippen molar-refractivity contribution >= 4 is 5.69 Å². The van der Waals surface area contributed by atoms with E-state index in [1.807, 2.05) is 12.1 Å². The van der Waals surface area contributed by atoms with Crippen LogP contribution in [0, 0.1) is 0 Å². The number of nitrogens with two attached hydrogens (primary N) is 1. The van der Waals surface area contributed by atoms with E-state index in [1.54, 1.807) is 0 Å². The van der Waals surface area contributed by atoms with Crippen LogP contribution in [0.15, 0.2) is 24.3 Å². The normalized spacial score (nSPS) is 24.1. The summed E-state index contributed by atoms with van der Waals surface area (Å²) >= 11 is 0. The quantitative estimate of drug-likeness (QED) is 0.745. The van der Waals surface area contributed by atoms with Crippen molar-refractivity contribution in [3.05, 3.63) is 29.8 Å². The van der Waals surface area contributed by atoms with Crippen molar-refractivity contribution in [2.45, 2.75) is 38.5 Å². The minimum absolute atomic E-state index is 0.480. The topological polar surface area (TPSA) is 47.3 Å². The Morgan fingerprint density at radius 3 is 2.62 bits per heavy atom. The Morgan fingerprint density at radius 1 is 1.31 bits per heavy atom. The zero-order chi connectivity index (χ0) is 11.4. The molecular formula is C13H20N2O. The summed E-state index contributed by atoms with van der Waals surface area (Å²) in [6.45, 7) is 3.80. The first kappa shape index (κ1) is 11.4. The first-order chi connectivity index (χ1) is 7.78. The van der Waals surface area contributed by atoms with E-state index in [0.717, 1.165) is 31.7 Å². The van der Waals surface area contributed by atoms with Gasteiger partial charge >= 0.3 is 0 Å². The molecule has 0 radical (unpaired) electrons. The molecule has 1 aromatic rings. The highest BCUT2D eigenvalue weighted by molar-refractivity contribution is 5.39. The summed E-state index contributed by atoms with van der Waals surface area (Å²) in [6, 6.07) is 8.65. The first-order valence-corrected chi connectivity index (χ1v) is 5.97. The summed E-state index contributed by atoms with van der Waals surface area (Å²) < 4.78 is 5.52. The van der Waals surface area contributed by atoms with Crippen LogP contribution in [0.1, 0.15) is 25.3 Å². The lowest BCUT2D eigenvalue weighted by Crippen LogP contribution is -2.45. The van der Waals surface area contributed by atoms with Crippen LogP contribution < -0.4 is 11.1 Å². The number of nitrogens with one attached hydrogen (secondary N) is 1. The van der Waals surface area contributed by atoms with Crippen LogP contribution in [0.3, 0.4) is 0 Å². The highest BCUT2D eigenvalue weighted by Gasteiger charge is 2.28. The summed E-state index contributed by atoms with van der Waals surface area (Å²) in [5, 5.41) is 3.52. The molecule has 88 valence electrons.